The van der Waals surface area contributed by atoms with Gasteiger partial charge < -0.3 is 4.90 Å². The molecule has 0 bridgehead atoms. The zero-order valence-corrected chi connectivity index (χ0v) is 15.2. The van der Waals surface area contributed by atoms with Crippen LogP contribution in [0.15, 0.2) is 79.0 Å². The minimum Gasteiger partial charge on any atom is -0.377 e. The average molecular weight is 354 g/mol. The lowest BCUT2D eigenvalue weighted by Gasteiger charge is -2.09. The second-order valence-electron chi connectivity index (χ2n) is 6.54. The first-order valence-corrected chi connectivity index (χ1v) is 9.35. The normalized spacial score (nSPS) is 14.4. The number of aromatic nitrogens is 3. The highest BCUT2D eigenvalue weighted by atomic mass is 15.2. The molecule has 4 rings (SSSR count). The topological polar surface area (TPSA) is 41.9 Å². The lowest BCUT2D eigenvalue weighted by atomic mass is 10.0. The average Bonchev–Trinajstić information content (AvgIpc) is 3.26. The van der Waals surface area contributed by atoms with Gasteiger partial charge in [-0.05, 0) is 31.2 Å². The molecule has 1 fully saturated rings. The molecular weight excluding hydrogens is 332 g/mol. The van der Waals surface area contributed by atoms with Crippen molar-refractivity contribution in [3.63, 3.8) is 0 Å². The Morgan fingerprint density at radius 3 is 2.00 bits per heavy atom. The van der Waals surface area contributed by atoms with Gasteiger partial charge in [-0.25, -0.2) is 4.98 Å². The van der Waals surface area contributed by atoms with Crippen LogP contribution in [0.2, 0.25) is 0 Å². The third-order valence-corrected chi connectivity index (χ3v) is 4.59. The fourth-order valence-electron chi connectivity index (χ4n) is 3.20. The SMILES string of the molecule is C(/C=C/N1CCCC1)=C\c1nnc(-c2ccccc2)c(-c2ccccc2)n1. The molecule has 0 atom stereocenters. The molecule has 4 nitrogen and oxygen atoms in total. The fraction of sp³-hybridized carbons (Fsp3) is 0.174. The van der Waals surface area contributed by atoms with Gasteiger partial charge in [0.25, 0.3) is 0 Å². The summed E-state index contributed by atoms with van der Waals surface area (Å²) in [4.78, 5) is 7.11. The molecule has 1 aromatic heterocycles. The lowest BCUT2D eigenvalue weighted by molar-refractivity contribution is 0.468. The summed E-state index contributed by atoms with van der Waals surface area (Å²) in [5.41, 5.74) is 3.70. The number of hydrogen-bond donors (Lipinski definition) is 0. The molecule has 0 unspecified atom stereocenters. The summed E-state index contributed by atoms with van der Waals surface area (Å²) in [5.74, 6) is 0.611. The van der Waals surface area contributed by atoms with Crippen molar-refractivity contribution in [1.29, 1.82) is 0 Å². The van der Waals surface area contributed by atoms with E-state index in [0.717, 1.165) is 35.6 Å². The van der Waals surface area contributed by atoms with Gasteiger partial charge in [-0.3, -0.25) is 0 Å². The molecule has 0 spiro atoms. The Bertz CT molecular complexity index is 927. The minimum absolute atomic E-state index is 0.611. The second kappa shape index (κ2) is 8.41. The summed E-state index contributed by atoms with van der Waals surface area (Å²) >= 11 is 0. The van der Waals surface area contributed by atoms with Crippen LogP contribution in [0.4, 0.5) is 0 Å². The van der Waals surface area contributed by atoms with Crippen LogP contribution >= 0.6 is 0 Å². The van der Waals surface area contributed by atoms with Crippen LogP contribution in [0, 0.1) is 0 Å². The maximum absolute atomic E-state index is 4.78. The number of rotatable bonds is 5. The molecule has 0 N–H and O–H groups in total. The molecule has 0 amide bonds. The van der Waals surface area contributed by atoms with Gasteiger partial charge in [-0.1, -0.05) is 66.7 Å². The van der Waals surface area contributed by atoms with Crippen molar-refractivity contribution in [1.82, 2.24) is 20.1 Å². The summed E-state index contributed by atoms with van der Waals surface area (Å²) < 4.78 is 0. The molecule has 0 aliphatic carbocycles. The standard InChI is InChI=1S/C23H22N4/c1-3-11-19(12-4-1)22-23(20-13-5-2-6-14-20)26-25-21(24-22)15-7-8-16-27-17-9-10-18-27/h1-8,11-16H,9-10,17-18H2/b15-7+,16-8+. The zero-order chi connectivity index (χ0) is 18.3. The van der Waals surface area contributed by atoms with E-state index in [0.29, 0.717) is 5.82 Å². The summed E-state index contributed by atoms with van der Waals surface area (Å²) in [6, 6.07) is 20.2. The molecular formula is C23H22N4. The number of nitrogens with zero attached hydrogens (tertiary/aromatic N) is 4. The molecule has 2 aromatic carbocycles. The van der Waals surface area contributed by atoms with Crippen molar-refractivity contribution >= 4 is 6.08 Å². The number of benzene rings is 2. The number of hydrogen-bond acceptors (Lipinski definition) is 4. The van der Waals surface area contributed by atoms with Gasteiger partial charge in [0.1, 0.15) is 11.4 Å². The predicted molar refractivity (Wildman–Crippen MR) is 110 cm³/mol. The van der Waals surface area contributed by atoms with E-state index in [1.54, 1.807) is 0 Å². The molecule has 134 valence electrons. The Kier molecular flexibility index (Phi) is 5.34. The lowest BCUT2D eigenvalue weighted by Crippen LogP contribution is -2.09. The molecule has 27 heavy (non-hydrogen) atoms. The van der Waals surface area contributed by atoms with Crippen LogP contribution in [-0.4, -0.2) is 33.2 Å². The Morgan fingerprint density at radius 1 is 0.704 bits per heavy atom. The summed E-state index contributed by atoms with van der Waals surface area (Å²) in [6.45, 7) is 2.29. The maximum Gasteiger partial charge on any atom is 0.175 e. The first-order valence-electron chi connectivity index (χ1n) is 9.35. The van der Waals surface area contributed by atoms with Crippen LogP contribution in [0.1, 0.15) is 18.7 Å². The van der Waals surface area contributed by atoms with E-state index in [-0.39, 0.29) is 0 Å². The van der Waals surface area contributed by atoms with Gasteiger partial charge in [-0.2, -0.15) is 0 Å². The Hall–Kier alpha value is -3.27. The summed E-state index contributed by atoms with van der Waals surface area (Å²) in [6.07, 6.45) is 10.6. The van der Waals surface area contributed by atoms with Crippen molar-refractivity contribution in [2.45, 2.75) is 12.8 Å². The maximum atomic E-state index is 4.78. The van der Waals surface area contributed by atoms with Crippen LogP contribution < -0.4 is 0 Å². The minimum atomic E-state index is 0.611. The Balaban J connectivity index is 1.64. The molecule has 0 radical (unpaired) electrons. The van der Waals surface area contributed by atoms with Crippen LogP contribution in [0.3, 0.4) is 0 Å². The monoisotopic (exact) mass is 354 g/mol. The third kappa shape index (κ3) is 4.29. The van der Waals surface area contributed by atoms with E-state index >= 15 is 0 Å². The highest BCUT2D eigenvalue weighted by Gasteiger charge is 2.12. The van der Waals surface area contributed by atoms with E-state index in [1.807, 2.05) is 66.8 Å². The molecule has 1 saturated heterocycles. The van der Waals surface area contributed by atoms with E-state index in [4.69, 9.17) is 4.98 Å². The van der Waals surface area contributed by atoms with Gasteiger partial charge in [0, 0.05) is 24.2 Å². The Labute approximate surface area is 159 Å². The largest absolute Gasteiger partial charge is 0.377 e. The highest BCUT2D eigenvalue weighted by Crippen LogP contribution is 2.28. The molecule has 2 heterocycles. The van der Waals surface area contributed by atoms with E-state index in [9.17, 15) is 0 Å². The molecule has 3 aromatic rings. The Morgan fingerprint density at radius 2 is 1.33 bits per heavy atom. The van der Waals surface area contributed by atoms with Crippen LogP contribution in [0.25, 0.3) is 28.6 Å². The number of allylic oxidation sites excluding steroid dienone is 2. The van der Waals surface area contributed by atoms with Gasteiger partial charge in [0.15, 0.2) is 5.82 Å². The molecule has 0 saturated carbocycles. The van der Waals surface area contributed by atoms with Gasteiger partial charge in [-0.15, -0.1) is 10.2 Å². The van der Waals surface area contributed by atoms with Crippen LogP contribution in [-0.2, 0) is 0 Å². The summed E-state index contributed by atoms with van der Waals surface area (Å²) in [7, 11) is 0. The number of likely N-dealkylation sites (tertiary alicyclic amines) is 1. The van der Waals surface area contributed by atoms with Crippen molar-refractivity contribution in [2.24, 2.45) is 0 Å². The van der Waals surface area contributed by atoms with Crippen molar-refractivity contribution in [3.8, 4) is 22.5 Å². The smallest absolute Gasteiger partial charge is 0.175 e. The molecule has 1 aliphatic rings. The van der Waals surface area contributed by atoms with Gasteiger partial charge >= 0.3 is 0 Å². The van der Waals surface area contributed by atoms with Crippen molar-refractivity contribution < 1.29 is 0 Å². The highest BCUT2D eigenvalue weighted by molar-refractivity contribution is 5.77. The van der Waals surface area contributed by atoms with E-state index in [2.05, 4.69) is 33.4 Å². The van der Waals surface area contributed by atoms with Crippen molar-refractivity contribution in [2.75, 3.05) is 13.1 Å². The van der Waals surface area contributed by atoms with E-state index < -0.39 is 0 Å². The van der Waals surface area contributed by atoms with Gasteiger partial charge in [0.2, 0.25) is 0 Å². The van der Waals surface area contributed by atoms with Gasteiger partial charge in [0.05, 0.1) is 0 Å². The first-order chi connectivity index (χ1) is 13.4. The quantitative estimate of drug-likeness (QED) is 0.616. The van der Waals surface area contributed by atoms with Crippen LogP contribution in [0.5, 0.6) is 0 Å². The zero-order valence-electron chi connectivity index (χ0n) is 15.2. The van der Waals surface area contributed by atoms with Crippen molar-refractivity contribution in [3.05, 3.63) is 84.8 Å². The summed E-state index contributed by atoms with van der Waals surface area (Å²) in [5, 5.41) is 8.80. The molecule has 1 aliphatic heterocycles. The fourth-order valence-corrected chi connectivity index (χ4v) is 3.20. The first kappa shape index (κ1) is 17.2. The third-order valence-electron chi connectivity index (χ3n) is 4.59. The second-order valence-corrected chi connectivity index (χ2v) is 6.54. The van der Waals surface area contributed by atoms with E-state index in [1.165, 1.54) is 12.8 Å². The molecule has 4 heteroatoms. The predicted octanol–water partition coefficient (Wildman–Crippen LogP) is 4.83.